The number of piperidine rings is 1. The third-order valence-corrected chi connectivity index (χ3v) is 6.39. The van der Waals surface area contributed by atoms with Gasteiger partial charge in [-0.15, -0.1) is 0 Å². The summed E-state index contributed by atoms with van der Waals surface area (Å²) in [6.07, 6.45) is -4.08. The van der Waals surface area contributed by atoms with Crippen molar-refractivity contribution < 1.29 is 26.9 Å². The summed E-state index contributed by atoms with van der Waals surface area (Å²) in [6, 6.07) is 9.21. The Bertz CT molecular complexity index is 1230. The van der Waals surface area contributed by atoms with Gasteiger partial charge in [0.1, 0.15) is 5.82 Å². The van der Waals surface area contributed by atoms with Crippen molar-refractivity contribution in [2.75, 3.05) is 13.1 Å². The molecule has 2 aromatic carbocycles. The highest BCUT2D eigenvalue weighted by Crippen LogP contribution is 2.36. The van der Waals surface area contributed by atoms with Crippen molar-refractivity contribution >= 4 is 17.5 Å². The Labute approximate surface area is 190 Å². The Morgan fingerprint density at radius 1 is 1.18 bits per heavy atom. The molecule has 0 spiro atoms. The van der Waals surface area contributed by atoms with E-state index in [4.69, 9.17) is 11.6 Å². The van der Waals surface area contributed by atoms with E-state index in [9.17, 15) is 22.4 Å². The number of halogens is 5. The van der Waals surface area contributed by atoms with Gasteiger partial charge in [-0.1, -0.05) is 35.0 Å². The number of nitrogens with one attached hydrogen (secondary N) is 1. The van der Waals surface area contributed by atoms with Crippen molar-refractivity contribution in [3.05, 3.63) is 69.8 Å². The fourth-order valence-corrected chi connectivity index (χ4v) is 4.60. The molecule has 33 heavy (non-hydrogen) atoms. The first-order chi connectivity index (χ1) is 15.7. The summed E-state index contributed by atoms with van der Waals surface area (Å²) in [5, 5.41) is 6.72. The van der Waals surface area contributed by atoms with Crippen molar-refractivity contribution in [3.8, 4) is 11.4 Å². The van der Waals surface area contributed by atoms with Crippen LogP contribution in [0.2, 0.25) is 5.02 Å². The van der Waals surface area contributed by atoms with E-state index in [1.54, 1.807) is 23.1 Å². The SMILES string of the molecule is O=C1c2cc(-c3noc(C(F)(F)F)n3)ccc2CN1[C@@H]1CCNC[C@H]1c1ccc(Cl)c(F)c1. The minimum absolute atomic E-state index is 0.0337. The molecule has 6 nitrogen and oxygen atoms in total. The average molecular weight is 481 g/mol. The highest BCUT2D eigenvalue weighted by molar-refractivity contribution is 6.30. The molecule has 2 aliphatic heterocycles. The second-order valence-electron chi connectivity index (χ2n) is 8.07. The second-order valence-corrected chi connectivity index (χ2v) is 8.47. The van der Waals surface area contributed by atoms with E-state index in [0.29, 0.717) is 31.6 Å². The van der Waals surface area contributed by atoms with Gasteiger partial charge in [0.05, 0.1) is 5.02 Å². The number of aromatic nitrogens is 2. The fourth-order valence-electron chi connectivity index (χ4n) is 4.49. The third kappa shape index (κ3) is 3.97. The lowest BCUT2D eigenvalue weighted by molar-refractivity contribution is -0.159. The Morgan fingerprint density at radius 3 is 2.73 bits per heavy atom. The average Bonchev–Trinajstić information content (AvgIpc) is 3.41. The van der Waals surface area contributed by atoms with Crippen molar-refractivity contribution in [2.45, 2.75) is 31.1 Å². The van der Waals surface area contributed by atoms with Crippen molar-refractivity contribution in [1.82, 2.24) is 20.4 Å². The molecule has 5 rings (SSSR count). The van der Waals surface area contributed by atoms with Crippen LogP contribution in [0.4, 0.5) is 17.6 Å². The smallest absolute Gasteiger partial charge is 0.331 e. The van der Waals surface area contributed by atoms with Crippen molar-refractivity contribution in [1.29, 1.82) is 0 Å². The molecule has 1 saturated heterocycles. The van der Waals surface area contributed by atoms with E-state index in [1.165, 1.54) is 18.2 Å². The highest BCUT2D eigenvalue weighted by Gasteiger charge is 2.40. The van der Waals surface area contributed by atoms with E-state index in [0.717, 1.165) is 11.1 Å². The molecule has 2 atom stereocenters. The number of nitrogens with zero attached hydrogens (tertiary/aromatic N) is 3. The van der Waals surface area contributed by atoms with Gasteiger partial charge in [-0.2, -0.15) is 18.2 Å². The van der Waals surface area contributed by atoms with Gasteiger partial charge in [0.2, 0.25) is 5.82 Å². The molecule has 0 bridgehead atoms. The molecular formula is C22H17ClF4N4O2. The maximum Gasteiger partial charge on any atom is 0.471 e. The van der Waals surface area contributed by atoms with Gasteiger partial charge in [0, 0.05) is 36.2 Å². The maximum absolute atomic E-state index is 14.1. The Hall–Kier alpha value is -2.98. The quantitative estimate of drug-likeness (QED) is 0.553. The first-order valence-corrected chi connectivity index (χ1v) is 10.6. The second kappa shape index (κ2) is 8.11. The van der Waals surface area contributed by atoms with Gasteiger partial charge in [0.25, 0.3) is 5.91 Å². The van der Waals surface area contributed by atoms with Crippen LogP contribution in [0.15, 0.2) is 40.9 Å². The summed E-state index contributed by atoms with van der Waals surface area (Å²) >= 11 is 5.82. The molecule has 0 unspecified atom stereocenters. The monoisotopic (exact) mass is 480 g/mol. The molecule has 1 amide bonds. The van der Waals surface area contributed by atoms with Crippen molar-refractivity contribution in [2.24, 2.45) is 0 Å². The van der Waals surface area contributed by atoms with E-state index in [1.807, 2.05) is 0 Å². The molecule has 1 fully saturated rings. The molecule has 1 aromatic heterocycles. The van der Waals surface area contributed by atoms with Crippen LogP contribution in [0.1, 0.15) is 39.7 Å². The molecule has 11 heteroatoms. The topological polar surface area (TPSA) is 71.3 Å². The lowest BCUT2D eigenvalue weighted by atomic mass is 9.86. The standard InChI is InChI=1S/C22H17ClF4N4O2/c23-16-4-3-11(8-17(16)24)15-9-28-6-5-18(15)31-10-13-2-1-12(7-14(13)20(31)32)19-29-21(33-30-19)22(25,26)27/h1-4,7-8,15,18,28H,5-6,9-10H2/t15-,18+/m0/s1. The van der Waals surface area contributed by atoms with Gasteiger partial charge in [-0.05, 0) is 42.3 Å². The number of alkyl halides is 3. The summed E-state index contributed by atoms with van der Waals surface area (Å²) in [5.74, 6) is -2.59. The summed E-state index contributed by atoms with van der Waals surface area (Å²) in [5.41, 5.74) is 2.13. The number of rotatable bonds is 3. The molecule has 3 heterocycles. The minimum Gasteiger partial charge on any atom is -0.331 e. The molecule has 172 valence electrons. The number of amides is 1. The van der Waals surface area contributed by atoms with Crippen LogP contribution >= 0.6 is 11.6 Å². The van der Waals surface area contributed by atoms with Gasteiger partial charge in [0.15, 0.2) is 0 Å². The largest absolute Gasteiger partial charge is 0.471 e. The zero-order chi connectivity index (χ0) is 23.3. The van der Waals surface area contributed by atoms with E-state index >= 15 is 0 Å². The van der Waals surface area contributed by atoms with E-state index in [-0.39, 0.29) is 34.3 Å². The molecule has 3 aromatic rings. The third-order valence-electron chi connectivity index (χ3n) is 6.09. The van der Waals surface area contributed by atoms with Gasteiger partial charge in [-0.3, -0.25) is 4.79 Å². The highest BCUT2D eigenvalue weighted by atomic mass is 35.5. The normalized spacial score (nSPS) is 20.9. The summed E-state index contributed by atoms with van der Waals surface area (Å²) < 4.78 is 56.7. The minimum atomic E-state index is -4.75. The molecular weight excluding hydrogens is 464 g/mol. The van der Waals surface area contributed by atoms with Crippen LogP contribution in [-0.4, -0.2) is 40.1 Å². The fraction of sp³-hybridized carbons (Fsp3) is 0.318. The molecule has 2 aliphatic rings. The summed E-state index contributed by atoms with van der Waals surface area (Å²) in [7, 11) is 0. The van der Waals surface area contributed by atoms with Crippen LogP contribution in [0, 0.1) is 5.82 Å². The van der Waals surface area contributed by atoms with Gasteiger partial charge in [-0.25, -0.2) is 4.39 Å². The van der Waals surface area contributed by atoms with Crippen LogP contribution < -0.4 is 5.32 Å². The predicted octanol–water partition coefficient (Wildman–Crippen LogP) is 4.65. The number of carbonyl (C=O) groups excluding carboxylic acids is 1. The van der Waals surface area contributed by atoms with E-state index in [2.05, 4.69) is 20.0 Å². The molecule has 0 aliphatic carbocycles. The number of hydrogen-bond acceptors (Lipinski definition) is 5. The molecule has 0 radical (unpaired) electrons. The Kier molecular flexibility index (Phi) is 5.37. The van der Waals surface area contributed by atoms with Gasteiger partial charge < -0.3 is 14.7 Å². The van der Waals surface area contributed by atoms with Crippen LogP contribution in [0.25, 0.3) is 11.4 Å². The van der Waals surface area contributed by atoms with E-state index < -0.39 is 17.9 Å². The predicted molar refractivity (Wildman–Crippen MR) is 110 cm³/mol. The summed E-state index contributed by atoms with van der Waals surface area (Å²) in [6.45, 7) is 1.62. The molecule has 1 N–H and O–H groups in total. The zero-order valence-electron chi connectivity index (χ0n) is 17.0. The summed E-state index contributed by atoms with van der Waals surface area (Å²) in [4.78, 5) is 18.4. The number of hydrogen-bond donors (Lipinski definition) is 1. The number of fused-ring (bicyclic) bond motifs is 1. The van der Waals surface area contributed by atoms with Crippen LogP contribution in [0.5, 0.6) is 0 Å². The van der Waals surface area contributed by atoms with Gasteiger partial charge >= 0.3 is 12.1 Å². The zero-order valence-corrected chi connectivity index (χ0v) is 17.8. The number of carbonyl (C=O) groups is 1. The Balaban J connectivity index is 1.43. The van der Waals surface area contributed by atoms with Crippen molar-refractivity contribution in [3.63, 3.8) is 0 Å². The molecule has 0 saturated carbocycles. The first kappa shape index (κ1) is 21.8. The Morgan fingerprint density at radius 2 is 2.00 bits per heavy atom. The lowest BCUT2D eigenvalue weighted by Crippen LogP contribution is -2.48. The lowest BCUT2D eigenvalue weighted by Gasteiger charge is -2.38. The van der Waals surface area contributed by atoms with Crippen LogP contribution in [-0.2, 0) is 12.7 Å². The first-order valence-electron chi connectivity index (χ1n) is 10.2. The van der Waals surface area contributed by atoms with Crippen LogP contribution in [0.3, 0.4) is 0 Å². The number of benzene rings is 2. The maximum atomic E-state index is 14.1.